The number of aryl methyl sites for hydroxylation is 1. The maximum absolute atomic E-state index is 11.9. The molecule has 0 aliphatic heterocycles. The third kappa shape index (κ3) is 3.70. The molecule has 1 heterocycles. The Balaban J connectivity index is 1.88. The van der Waals surface area contributed by atoms with Crippen molar-refractivity contribution in [1.29, 1.82) is 0 Å². The van der Waals surface area contributed by atoms with E-state index < -0.39 is 0 Å². The molecule has 1 aromatic carbocycles. The second kappa shape index (κ2) is 7.08. The Morgan fingerprint density at radius 2 is 1.92 bits per heavy atom. The van der Waals surface area contributed by atoms with Crippen molar-refractivity contribution in [1.82, 2.24) is 0 Å². The molecule has 3 rings (SSSR count). The fraction of sp³-hybridized carbons (Fsp3) is 0.550. The number of hydrogen-bond acceptors (Lipinski definition) is 3. The lowest BCUT2D eigenvalue weighted by atomic mass is 9.92. The molecule has 3 N–H and O–H groups in total. The molecule has 0 spiro atoms. The molecule has 2 aromatic rings. The van der Waals surface area contributed by atoms with Crippen LogP contribution < -0.4 is 10.9 Å². The standard InChI is InChI=1S/C20H27NO3/c1-12(2)17-10-18-14(9-20(23)24-19(18)8-13(17)3)11-21-15-4-6-16(22)7-5-15/h8-10,12,15-16,21-22H,4-7,11H2,1-3H3/p+1. The fourth-order valence-electron chi connectivity index (χ4n) is 3.81. The molecule has 130 valence electrons. The van der Waals surface area contributed by atoms with E-state index in [0.717, 1.165) is 43.2 Å². The van der Waals surface area contributed by atoms with Gasteiger partial charge in [0.25, 0.3) is 0 Å². The minimum absolute atomic E-state index is 0.129. The number of rotatable bonds is 4. The predicted molar refractivity (Wildman–Crippen MR) is 95.2 cm³/mol. The van der Waals surface area contributed by atoms with Gasteiger partial charge in [-0.2, -0.15) is 0 Å². The van der Waals surface area contributed by atoms with Crippen LogP contribution in [0.25, 0.3) is 11.0 Å². The monoisotopic (exact) mass is 330 g/mol. The highest BCUT2D eigenvalue weighted by Gasteiger charge is 2.22. The molecule has 0 saturated heterocycles. The van der Waals surface area contributed by atoms with E-state index in [4.69, 9.17) is 4.42 Å². The van der Waals surface area contributed by atoms with Crippen molar-refractivity contribution in [2.45, 2.75) is 71.1 Å². The van der Waals surface area contributed by atoms with Gasteiger partial charge in [-0.3, -0.25) is 0 Å². The summed E-state index contributed by atoms with van der Waals surface area (Å²) in [5.41, 5.74) is 3.93. The Morgan fingerprint density at radius 1 is 1.21 bits per heavy atom. The summed E-state index contributed by atoms with van der Waals surface area (Å²) in [6.07, 6.45) is 3.72. The van der Waals surface area contributed by atoms with E-state index in [1.165, 1.54) is 11.1 Å². The predicted octanol–water partition coefficient (Wildman–Crippen LogP) is 2.59. The molecule has 1 fully saturated rings. The van der Waals surface area contributed by atoms with E-state index in [1.54, 1.807) is 6.07 Å². The summed E-state index contributed by atoms with van der Waals surface area (Å²) in [5, 5.41) is 13.0. The molecular formula is C20H28NO3+. The minimum Gasteiger partial charge on any atom is -0.423 e. The van der Waals surface area contributed by atoms with Crippen LogP contribution in [0.4, 0.5) is 0 Å². The lowest BCUT2D eigenvalue weighted by Crippen LogP contribution is -2.89. The normalized spacial score (nSPS) is 21.5. The summed E-state index contributed by atoms with van der Waals surface area (Å²) in [6, 6.07) is 6.35. The Kier molecular flexibility index (Phi) is 5.07. The highest BCUT2D eigenvalue weighted by Crippen LogP contribution is 2.26. The van der Waals surface area contributed by atoms with Gasteiger partial charge in [-0.1, -0.05) is 13.8 Å². The van der Waals surface area contributed by atoms with Crippen LogP contribution in [-0.4, -0.2) is 17.3 Å². The smallest absolute Gasteiger partial charge is 0.336 e. The van der Waals surface area contributed by atoms with Crippen molar-refractivity contribution in [3.63, 3.8) is 0 Å². The highest BCUT2D eigenvalue weighted by atomic mass is 16.4. The molecule has 24 heavy (non-hydrogen) atoms. The van der Waals surface area contributed by atoms with Gasteiger partial charge in [-0.15, -0.1) is 0 Å². The summed E-state index contributed by atoms with van der Waals surface area (Å²) in [7, 11) is 0. The van der Waals surface area contributed by atoms with Gasteiger partial charge in [0.15, 0.2) is 0 Å². The van der Waals surface area contributed by atoms with Gasteiger partial charge in [0.2, 0.25) is 0 Å². The average molecular weight is 330 g/mol. The van der Waals surface area contributed by atoms with Crippen LogP contribution in [0, 0.1) is 6.92 Å². The topological polar surface area (TPSA) is 67.0 Å². The molecule has 1 aliphatic rings. The van der Waals surface area contributed by atoms with Gasteiger partial charge in [0.1, 0.15) is 12.1 Å². The molecule has 0 bridgehead atoms. The second-order valence-electron chi connectivity index (χ2n) is 7.46. The van der Waals surface area contributed by atoms with Crippen LogP contribution in [0.3, 0.4) is 0 Å². The van der Waals surface area contributed by atoms with Crippen LogP contribution in [0.15, 0.2) is 27.4 Å². The first-order valence-corrected chi connectivity index (χ1v) is 9.02. The molecule has 1 aromatic heterocycles. The molecule has 1 saturated carbocycles. The van der Waals surface area contributed by atoms with E-state index in [0.29, 0.717) is 17.5 Å². The molecule has 0 amide bonds. The number of fused-ring (bicyclic) bond motifs is 1. The summed E-state index contributed by atoms with van der Waals surface area (Å²) in [5.74, 6) is 0.443. The Morgan fingerprint density at radius 3 is 2.58 bits per heavy atom. The number of hydrogen-bond donors (Lipinski definition) is 2. The fourth-order valence-corrected chi connectivity index (χ4v) is 3.81. The van der Waals surface area contributed by atoms with Crippen molar-refractivity contribution >= 4 is 11.0 Å². The molecule has 0 atom stereocenters. The zero-order valence-corrected chi connectivity index (χ0v) is 14.8. The van der Waals surface area contributed by atoms with Crippen molar-refractivity contribution in [3.8, 4) is 0 Å². The van der Waals surface area contributed by atoms with Gasteiger partial charge >= 0.3 is 5.63 Å². The first-order chi connectivity index (χ1) is 11.4. The zero-order chi connectivity index (χ0) is 17.3. The summed E-state index contributed by atoms with van der Waals surface area (Å²) >= 11 is 0. The Hall–Kier alpha value is -1.65. The molecule has 0 unspecified atom stereocenters. The number of quaternary nitrogens is 1. The van der Waals surface area contributed by atoms with Crippen molar-refractivity contribution in [3.05, 3.63) is 45.3 Å². The molecule has 4 nitrogen and oxygen atoms in total. The van der Waals surface area contributed by atoms with E-state index in [1.807, 2.05) is 6.07 Å². The van der Waals surface area contributed by atoms with Crippen LogP contribution in [-0.2, 0) is 6.54 Å². The Bertz CT molecular complexity index is 770. The minimum atomic E-state index is -0.276. The molecule has 4 heteroatoms. The first kappa shape index (κ1) is 17.2. The summed E-state index contributed by atoms with van der Waals surface area (Å²) < 4.78 is 5.42. The van der Waals surface area contributed by atoms with E-state index in [2.05, 4.69) is 32.2 Å². The van der Waals surface area contributed by atoms with Crippen molar-refractivity contribution < 1.29 is 14.8 Å². The van der Waals surface area contributed by atoms with Crippen LogP contribution in [0.2, 0.25) is 0 Å². The molecule has 1 aliphatic carbocycles. The zero-order valence-electron chi connectivity index (χ0n) is 14.8. The van der Waals surface area contributed by atoms with E-state index in [-0.39, 0.29) is 11.7 Å². The SMILES string of the molecule is Cc1cc2oc(=O)cc(C[NH2+]C3CCC(O)CC3)c2cc1C(C)C. The second-order valence-corrected chi connectivity index (χ2v) is 7.46. The number of benzene rings is 1. The largest absolute Gasteiger partial charge is 0.423 e. The van der Waals surface area contributed by atoms with Crippen LogP contribution in [0.5, 0.6) is 0 Å². The lowest BCUT2D eigenvalue weighted by molar-refractivity contribution is -0.707. The van der Waals surface area contributed by atoms with Gasteiger partial charge in [-0.25, -0.2) is 4.79 Å². The molecule has 0 radical (unpaired) electrons. The molecular weight excluding hydrogens is 302 g/mol. The van der Waals surface area contributed by atoms with Gasteiger partial charge in [-0.05, 0) is 48.9 Å². The quantitative estimate of drug-likeness (QED) is 0.847. The summed E-state index contributed by atoms with van der Waals surface area (Å²) in [4.78, 5) is 11.9. The first-order valence-electron chi connectivity index (χ1n) is 9.02. The van der Waals surface area contributed by atoms with Crippen LogP contribution in [0.1, 0.15) is 62.1 Å². The highest BCUT2D eigenvalue weighted by molar-refractivity contribution is 5.82. The maximum atomic E-state index is 11.9. The average Bonchev–Trinajstić information content (AvgIpc) is 2.53. The van der Waals surface area contributed by atoms with E-state index >= 15 is 0 Å². The third-order valence-corrected chi connectivity index (χ3v) is 5.25. The summed E-state index contributed by atoms with van der Waals surface area (Å²) in [6.45, 7) is 7.23. The number of nitrogens with two attached hydrogens (primary N) is 1. The Labute approximate surface area is 142 Å². The van der Waals surface area contributed by atoms with Gasteiger partial charge in [0, 0.05) is 29.9 Å². The van der Waals surface area contributed by atoms with Gasteiger partial charge in [0.05, 0.1) is 12.1 Å². The van der Waals surface area contributed by atoms with Crippen molar-refractivity contribution in [2.24, 2.45) is 0 Å². The van der Waals surface area contributed by atoms with Crippen molar-refractivity contribution in [2.75, 3.05) is 0 Å². The maximum Gasteiger partial charge on any atom is 0.336 e. The lowest BCUT2D eigenvalue weighted by Gasteiger charge is -2.23. The van der Waals surface area contributed by atoms with Crippen LogP contribution >= 0.6 is 0 Å². The number of aliphatic hydroxyl groups is 1. The van der Waals surface area contributed by atoms with E-state index in [9.17, 15) is 9.90 Å². The third-order valence-electron chi connectivity index (χ3n) is 5.25. The van der Waals surface area contributed by atoms with Gasteiger partial charge < -0.3 is 14.8 Å². The number of aliphatic hydroxyl groups excluding tert-OH is 1.